The lowest BCUT2D eigenvalue weighted by Gasteiger charge is -2.22. The molecule has 1 amide bonds. The van der Waals surface area contributed by atoms with Crippen molar-refractivity contribution in [2.45, 2.75) is 37.0 Å². The summed E-state index contributed by atoms with van der Waals surface area (Å²) in [6.45, 7) is 0.145. The van der Waals surface area contributed by atoms with Crippen molar-refractivity contribution in [2.75, 3.05) is 25.5 Å². The molecule has 0 atom stereocenters. The number of hydrogen-bond acceptors (Lipinski definition) is 5. The van der Waals surface area contributed by atoms with E-state index in [-0.39, 0.29) is 10.7 Å². The number of sulfonamides is 1. The van der Waals surface area contributed by atoms with Gasteiger partial charge in [0.15, 0.2) is 11.6 Å². The first-order valence-electron chi connectivity index (χ1n) is 9.96. The molecule has 3 rings (SSSR count). The van der Waals surface area contributed by atoms with E-state index in [4.69, 9.17) is 4.74 Å². The molecule has 162 valence electrons. The molecule has 0 aliphatic heterocycles. The molecule has 1 heterocycles. The monoisotopic (exact) mass is 435 g/mol. The van der Waals surface area contributed by atoms with Crippen LogP contribution in [0, 0.1) is 11.7 Å². The van der Waals surface area contributed by atoms with Crippen LogP contribution in [0.1, 0.15) is 32.1 Å². The lowest BCUT2D eigenvalue weighted by atomic mass is 9.90. The fourth-order valence-corrected chi connectivity index (χ4v) is 4.53. The summed E-state index contributed by atoms with van der Waals surface area (Å²) in [4.78, 5) is 16.5. The first kappa shape index (κ1) is 22.2. The zero-order valence-corrected chi connectivity index (χ0v) is 17.7. The van der Waals surface area contributed by atoms with E-state index < -0.39 is 28.3 Å². The molecule has 1 N–H and O–H groups in total. The van der Waals surface area contributed by atoms with Gasteiger partial charge in [-0.3, -0.25) is 4.79 Å². The smallest absolute Gasteiger partial charge is 0.243 e. The number of nitrogens with zero attached hydrogens (tertiary/aromatic N) is 2. The van der Waals surface area contributed by atoms with E-state index in [1.165, 1.54) is 32.5 Å². The Kier molecular flexibility index (Phi) is 7.38. The summed E-state index contributed by atoms with van der Waals surface area (Å²) in [6, 6.07) is 7.89. The van der Waals surface area contributed by atoms with Crippen molar-refractivity contribution in [3.63, 3.8) is 0 Å². The fourth-order valence-electron chi connectivity index (χ4n) is 3.41. The maximum Gasteiger partial charge on any atom is 0.243 e. The molecule has 7 nitrogen and oxygen atoms in total. The predicted octanol–water partition coefficient (Wildman–Crippen LogP) is 3.44. The fraction of sp³-hybridized carbons (Fsp3) is 0.429. The first-order chi connectivity index (χ1) is 14.4. The maximum atomic E-state index is 13.1. The second-order valence-electron chi connectivity index (χ2n) is 7.43. The zero-order chi connectivity index (χ0) is 21.6. The number of aromatic nitrogens is 1. The van der Waals surface area contributed by atoms with Crippen molar-refractivity contribution in [1.82, 2.24) is 9.29 Å². The number of anilines is 1. The summed E-state index contributed by atoms with van der Waals surface area (Å²) in [5, 5.41) is 2.62. The predicted molar refractivity (Wildman–Crippen MR) is 111 cm³/mol. The molecule has 1 aromatic heterocycles. The maximum absolute atomic E-state index is 13.1. The van der Waals surface area contributed by atoms with Crippen molar-refractivity contribution in [1.29, 1.82) is 0 Å². The molecule has 0 unspecified atom stereocenters. The Balaban J connectivity index is 1.61. The van der Waals surface area contributed by atoms with Crippen LogP contribution in [0.2, 0.25) is 0 Å². The standard InChI is InChI=1S/C21H26FN3O4S/c1-25(30(27,28)18-11-9-17(22)10-12-18)14-20(26)24-21-19(8-5-13-23-21)29-15-16-6-3-2-4-7-16/h5,8-13,16H,2-4,6-7,14-15H2,1H3,(H,23,24,26). The Hall–Kier alpha value is -2.52. The van der Waals surface area contributed by atoms with Gasteiger partial charge in [-0.2, -0.15) is 4.31 Å². The van der Waals surface area contributed by atoms with Gasteiger partial charge in [0.25, 0.3) is 0 Å². The van der Waals surface area contributed by atoms with Gasteiger partial charge in [-0.15, -0.1) is 0 Å². The Labute approximate surface area is 176 Å². The van der Waals surface area contributed by atoms with Crippen LogP contribution in [0.25, 0.3) is 0 Å². The van der Waals surface area contributed by atoms with E-state index in [1.807, 2.05) is 0 Å². The van der Waals surface area contributed by atoms with E-state index in [9.17, 15) is 17.6 Å². The minimum Gasteiger partial charge on any atom is -0.489 e. The largest absolute Gasteiger partial charge is 0.489 e. The Bertz CT molecular complexity index is 960. The number of carbonyl (C=O) groups excluding carboxylic acids is 1. The van der Waals surface area contributed by atoms with E-state index in [2.05, 4.69) is 10.3 Å². The normalized spacial score (nSPS) is 15.2. The van der Waals surface area contributed by atoms with Crippen LogP contribution in [-0.2, 0) is 14.8 Å². The number of nitrogens with one attached hydrogen (secondary N) is 1. The Morgan fingerprint density at radius 3 is 2.60 bits per heavy atom. The number of carbonyl (C=O) groups is 1. The Morgan fingerprint density at radius 1 is 1.20 bits per heavy atom. The van der Waals surface area contributed by atoms with Crippen LogP contribution in [0.5, 0.6) is 5.75 Å². The highest BCUT2D eigenvalue weighted by molar-refractivity contribution is 7.89. The summed E-state index contributed by atoms with van der Waals surface area (Å²) in [7, 11) is -2.63. The molecule has 1 aliphatic rings. The van der Waals surface area contributed by atoms with Crippen LogP contribution in [0.3, 0.4) is 0 Å². The molecular formula is C21H26FN3O4S. The minimum atomic E-state index is -3.92. The molecular weight excluding hydrogens is 409 g/mol. The quantitative estimate of drug-likeness (QED) is 0.686. The van der Waals surface area contributed by atoms with Gasteiger partial charge < -0.3 is 10.1 Å². The summed E-state index contributed by atoms with van der Waals surface area (Å²) < 4.78 is 45.0. The van der Waals surface area contributed by atoms with Crippen molar-refractivity contribution >= 4 is 21.7 Å². The number of amides is 1. The van der Waals surface area contributed by atoms with E-state index in [1.54, 1.807) is 12.1 Å². The van der Waals surface area contributed by atoms with Crippen LogP contribution in [-0.4, -0.2) is 43.8 Å². The second kappa shape index (κ2) is 9.99. The van der Waals surface area contributed by atoms with Crippen LogP contribution in [0.4, 0.5) is 10.2 Å². The third kappa shape index (κ3) is 5.76. The molecule has 0 bridgehead atoms. The highest BCUT2D eigenvalue weighted by atomic mass is 32.2. The first-order valence-corrected chi connectivity index (χ1v) is 11.4. The summed E-state index contributed by atoms with van der Waals surface area (Å²) >= 11 is 0. The van der Waals surface area contributed by atoms with Crippen LogP contribution >= 0.6 is 0 Å². The van der Waals surface area contributed by atoms with Gasteiger partial charge in [0.2, 0.25) is 15.9 Å². The molecule has 9 heteroatoms. The average molecular weight is 436 g/mol. The van der Waals surface area contributed by atoms with Crippen LogP contribution < -0.4 is 10.1 Å². The number of benzene rings is 1. The van der Waals surface area contributed by atoms with Crippen molar-refractivity contribution < 1.29 is 22.3 Å². The molecule has 0 radical (unpaired) electrons. The van der Waals surface area contributed by atoms with Crippen LogP contribution in [0.15, 0.2) is 47.5 Å². The number of rotatable bonds is 8. The van der Waals surface area contributed by atoms with E-state index in [0.717, 1.165) is 41.4 Å². The number of hydrogen-bond donors (Lipinski definition) is 1. The van der Waals surface area contributed by atoms with Crippen molar-refractivity contribution in [3.05, 3.63) is 48.4 Å². The highest BCUT2D eigenvalue weighted by Crippen LogP contribution is 2.27. The number of halogens is 1. The van der Waals surface area contributed by atoms with E-state index in [0.29, 0.717) is 18.3 Å². The van der Waals surface area contributed by atoms with Gasteiger partial charge >= 0.3 is 0 Å². The van der Waals surface area contributed by atoms with Gasteiger partial charge in [-0.05, 0) is 55.2 Å². The highest BCUT2D eigenvalue weighted by Gasteiger charge is 2.24. The molecule has 1 aliphatic carbocycles. The minimum absolute atomic E-state index is 0.0893. The Morgan fingerprint density at radius 2 is 1.90 bits per heavy atom. The number of likely N-dealkylation sites (N-methyl/N-ethyl adjacent to an activating group) is 1. The molecule has 1 fully saturated rings. The number of ether oxygens (including phenoxy) is 1. The van der Waals surface area contributed by atoms with E-state index >= 15 is 0 Å². The van der Waals surface area contributed by atoms with Gasteiger partial charge in [-0.1, -0.05) is 19.3 Å². The molecule has 0 saturated heterocycles. The molecule has 1 saturated carbocycles. The molecule has 2 aromatic rings. The zero-order valence-electron chi connectivity index (χ0n) is 16.9. The molecule has 0 spiro atoms. The van der Waals surface area contributed by atoms with Crippen molar-refractivity contribution in [3.8, 4) is 5.75 Å². The second-order valence-corrected chi connectivity index (χ2v) is 9.47. The molecule has 30 heavy (non-hydrogen) atoms. The van der Waals surface area contributed by atoms with Gasteiger partial charge in [0.1, 0.15) is 5.82 Å². The SMILES string of the molecule is CN(CC(=O)Nc1ncccc1OCC1CCCCC1)S(=O)(=O)c1ccc(F)cc1. The summed E-state index contributed by atoms with van der Waals surface area (Å²) in [6.07, 6.45) is 7.47. The van der Waals surface area contributed by atoms with Crippen molar-refractivity contribution in [2.24, 2.45) is 5.92 Å². The summed E-state index contributed by atoms with van der Waals surface area (Å²) in [5.74, 6) is 0.121. The van der Waals surface area contributed by atoms with Gasteiger partial charge in [0.05, 0.1) is 18.0 Å². The lowest BCUT2D eigenvalue weighted by molar-refractivity contribution is -0.116. The van der Waals surface area contributed by atoms with Gasteiger partial charge in [-0.25, -0.2) is 17.8 Å². The third-order valence-corrected chi connectivity index (χ3v) is 6.93. The lowest BCUT2D eigenvalue weighted by Crippen LogP contribution is -2.35. The third-order valence-electron chi connectivity index (χ3n) is 5.12. The number of pyridine rings is 1. The summed E-state index contributed by atoms with van der Waals surface area (Å²) in [5.41, 5.74) is 0. The molecule has 1 aromatic carbocycles. The van der Waals surface area contributed by atoms with Gasteiger partial charge in [0, 0.05) is 13.2 Å². The topological polar surface area (TPSA) is 88.6 Å². The average Bonchev–Trinajstić information content (AvgIpc) is 2.74.